The van der Waals surface area contributed by atoms with Gasteiger partial charge in [-0.25, -0.2) is 0 Å². The van der Waals surface area contributed by atoms with Crippen LogP contribution in [0.1, 0.15) is 128 Å². The summed E-state index contributed by atoms with van der Waals surface area (Å²) in [5.41, 5.74) is 0. The van der Waals surface area contributed by atoms with E-state index in [4.69, 9.17) is 0 Å². The molecular formula is C28H50F2. The van der Waals surface area contributed by atoms with E-state index in [-0.39, 0.29) is 13.3 Å². The first-order valence-corrected chi connectivity index (χ1v) is 13.9. The highest BCUT2D eigenvalue weighted by Crippen LogP contribution is 2.46. The Morgan fingerprint density at radius 1 is 0.400 bits per heavy atom. The second-order valence-corrected chi connectivity index (χ2v) is 11.3. The summed E-state index contributed by atoms with van der Waals surface area (Å²) in [5, 5.41) is 0. The van der Waals surface area contributed by atoms with Gasteiger partial charge in [0, 0.05) is 0 Å². The van der Waals surface area contributed by atoms with Crippen LogP contribution in [0.3, 0.4) is 0 Å². The van der Waals surface area contributed by atoms with E-state index in [0.29, 0.717) is 5.92 Å². The first-order chi connectivity index (χ1) is 14.8. The number of hydrogen-bond acceptors (Lipinski definition) is 0. The molecule has 0 N–H and O–H groups in total. The zero-order valence-corrected chi connectivity index (χ0v) is 19.8. The molecule has 0 aliphatic heterocycles. The largest absolute Gasteiger partial charge is 0.251 e. The summed E-state index contributed by atoms with van der Waals surface area (Å²) in [6.45, 7) is -0.212. The lowest BCUT2D eigenvalue weighted by molar-refractivity contribution is 0.0998. The third-order valence-electron chi connectivity index (χ3n) is 9.40. The van der Waals surface area contributed by atoms with Crippen LogP contribution in [0.4, 0.5) is 8.78 Å². The molecule has 0 aromatic rings. The molecule has 30 heavy (non-hydrogen) atoms. The van der Waals surface area contributed by atoms with Gasteiger partial charge in [0.1, 0.15) is 0 Å². The molecule has 0 saturated heterocycles. The molecule has 2 heteroatoms. The summed E-state index contributed by atoms with van der Waals surface area (Å²) < 4.78 is 25.0. The predicted octanol–water partition coefficient (Wildman–Crippen LogP) is 9.47. The van der Waals surface area contributed by atoms with E-state index >= 15 is 0 Å². The van der Waals surface area contributed by atoms with Crippen molar-refractivity contribution in [2.24, 2.45) is 35.5 Å². The second-order valence-electron chi connectivity index (χ2n) is 11.3. The Balaban J connectivity index is 1.21. The van der Waals surface area contributed by atoms with E-state index in [0.717, 1.165) is 55.3 Å². The van der Waals surface area contributed by atoms with E-state index in [1.54, 1.807) is 0 Å². The fourth-order valence-corrected chi connectivity index (χ4v) is 7.26. The molecule has 0 bridgehead atoms. The van der Waals surface area contributed by atoms with Gasteiger partial charge in [-0.15, -0.1) is 0 Å². The van der Waals surface area contributed by atoms with Gasteiger partial charge in [-0.05, 0) is 106 Å². The van der Waals surface area contributed by atoms with Gasteiger partial charge >= 0.3 is 0 Å². The molecule has 3 fully saturated rings. The summed E-state index contributed by atoms with van der Waals surface area (Å²) in [5.74, 6) is 5.34. The molecule has 176 valence electrons. The van der Waals surface area contributed by atoms with Gasteiger partial charge < -0.3 is 0 Å². The molecule has 0 nitrogen and oxygen atoms in total. The van der Waals surface area contributed by atoms with Crippen LogP contribution >= 0.6 is 0 Å². The summed E-state index contributed by atoms with van der Waals surface area (Å²) in [6, 6.07) is 0. The maximum absolute atomic E-state index is 12.9. The smallest absolute Gasteiger partial charge is 0.0922 e. The Morgan fingerprint density at radius 2 is 0.767 bits per heavy atom. The van der Waals surface area contributed by atoms with Gasteiger partial charge in [-0.3, -0.25) is 8.78 Å². The van der Waals surface area contributed by atoms with Crippen molar-refractivity contribution >= 4 is 0 Å². The molecule has 0 radical (unpaired) electrons. The summed E-state index contributed by atoms with van der Waals surface area (Å²) in [6.07, 6.45) is 26.9. The number of halogens is 2. The molecule has 3 aliphatic rings. The molecule has 0 spiro atoms. The van der Waals surface area contributed by atoms with Gasteiger partial charge in [-0.2, -0.15) is 0 Å². The minimum atomic E-state index is -0.132. The van der Waals surface area contributed by atoms with E-state index < -0.39 is 0 Å². The van der Waals surface area contributed by atoms with Crippen LogP contribution in [-0.2, 0) is 0 Å². The average Bonchev–Trinajstić information content (AvgIpc) is 2.81. The van der Waals surface area contributed by atoms with Crippen molar-refractivity contribution in [1.29, 1.82) is 0 Å². The Hall–Kier alpha value is -0.140. The molecular weight excluding hydrogens is 374 g/mol. The predicted molar refractivity (Wildman–Crippen MR) is 125 cm³/mol. The lowest BCUT2D eigenvalue weighted by Gasteiger charge is -2.41. The highest BCUT2D eigenvalue weighted by atomic mass is 19.1. The SMILES string of the molecule is FCCCCCCCCCC1CCC(C2CCC(C3CCC(CF)CC3)CC2)CC1. The zero-order valence-electron chi connectivity index (χ0n) is 19.8. The van der Waals surface area contributed by atoms with Crippen LogP contribution in [0.5, 0.6) is 0 Å². The van der Waals surface area contributed by atoms with Gasteiger partial charge in [-0.1, -0.05) is 57.8 Å². The van der Waals surface area contributed by atoms with Crippen molar-refractivity contribution in [3.05, 3.63) is 0 Å². The fraction of sp³-hybridized carbons (Fsp3) is 1.00. The minimum Gasteiger partial charge on any atom is -0.251 e. The van der Waals surface area contributed by atoms with Crippen molar-refractivity contribution in [2.75, 3.05) is 13.3 Å². The van der Waals surface area contributed by atoms with Crippen LogP contribution in [0, 0.1) is 35.5 Å². The second kappa shape index (κ2) is 14.1. The molecule has 0 aromatic heterocycles. The van der Waals surface area contributed by atoms with E-state index in [9.17, 15) is 8.78 Å². The maximum Gasteiger partial charge on any atom is 0.0922 e. The standard InChI is InChI=1S/C28H50F2/c29-21-7-5-3-1-2-4-6-8-23-9-13-25(14-10-23)27-17-19-28(20-18-27)26-15-11-24(22-30)12-16-26/h23-28H,1-22H2. The Bertz CT molecular complexity index is 412. The van der Waals surface area contributed by atoms with Crippen molar-refractivity contribution < 1.29 is 8.78 Å². The molecule has 3 saturated carbocycles. The number of hydrogen-bond donors (Lipinski definition) is 0. The van der Waals surface area contributed by atoms with Crippen LogP contribution in [0.2, 0.25) is 0 Å². The number of unbranched alkanes of at least 4 members (excludes halogenated alkanes) is 6. The average molecular weight is 425 g/mol. The van der Waals surface area contributed by atoms with Crippen LogP contribution in [0.15, 0.2) is 0 Å². The third-order valence-corrected chi connectivity index (χ3v) is 9.40. The molecule has 0 unspecified atom stereocenters. The monoisotopic (exact) mass is 424 g/mol. The molecule has 3 rings (SSSR count). The van der Waals surface area contributed by atoms with Crippen LogP contribution < -0.4 is 0 Å². The minimum absolute atomic E-state index is 0.0796. The topological polar surface area (TPSA) is 0 Å². The Kier molecular flexibility index (Phi) is 11.5. The number of rotatable bonds is 12. The fourth-order valence-electron chi connectivity index (χ4n) is 7.26. The van der Waals surface area contributed by atoms with Crippen molar-refractivity contribution in [2.45, 2.75) is 128 Å². The quantitative estimate of drug-likeness (QED) is 0.274. The normalized spacial score (nSPS) is 35.4. The third kappa shape index (κ3) is 8.09. The van der Waals surface area contributed by atoms with Crippen molar-refractivity contribution in [3.63, 3.8) is 0 Å². The van der Waals surface area contributed by atoms with Crippen molar-refractivity contribution in [1.82, 2.24) is 0 Å². The summed E-state index contributed by atoms with van der Waals surface area (Å²) >= 11 is 0. The molecule has 0 heterocycles. The summed E-state index contributed by atoms with van der Waals surface area (Å²) in [7, 11) is 0. The summed E-state index contributed by atoms with van der Waals surface area (Å²) in [4.78, 5) is 0. The lowest BCUT2D eigenvalue weighted by atomic mass is 9.65. The van der Waals surface area contributed by atoms with Crippen LogP contribution in [-0.4, -0.2) is 13.3 Å². The first kappa shape index (κ1) is 24.5. The van der Waals surface area contributed by atoms with E-state index in [1.807, 2.05) is 0 Å². The Morgan fingerprint density at radius 3 is 1.20 bits per heavy atom. The number of alkyl halides is 2. The maximum atomic E-state index is 12.9. The van der Waals surface area contributed by atoms with Gasteiger partial charge in [0.15, 0.2) is 0 Å². The first-order valence-electron chi connectivity index (χ1n) is 13.9. The van der Waals surface area contributed by atoms with Gasteiger partial charge in [0.05, 0.1) is 13.3 Å². The Labute approximate surface area is 186 Å². The lowest BCUT2D eigenvalue weighted by Crippen LogP contribution is -2.30. The highest BCUT2D eigenvalue weighted by molar-refractivity contribution is 4.85. The van der Waals surface area contributed by atoms with Crippen LogP contribution in [0.25, 0.3) is 0 Å². The van der Waals surface area contributed by atoms with E-state index in [1.165, 1.54) is 103 Å². The molecule has 0 atom stereocenters. The highest BCUT2D eigenvalue weighted by Gasteiger charge is 2.34. The van der Waals surface area contributed by atoms with Crippen molar-refractivity contribution in [3.8, 4) is 0 Å². The zero-order chi connectivity index (χ0) is 21.0. The van der Waals surface area contributed by atoms with Gasteiger partial charge in [0.2, 0.25) is 0 Å². The molecule has 3 aliphatic carbocycles. The van der Waals surface area contributed by atoms with E-state index in [2.05, 4.69) is 0 Å². The molecule has 0 amide bonds. The van der Waals surface area contributed by atoms with Gasteiger partial charge in [0.25, 0.3) is 0 Å². The molecule has 0 aromatic carbocycles.